The van der Waals surface area contributed by atoms with Crippen molar-refractivity contribution in [2.45, 2.75) is 298 Å². The highest BCUT2D eigenvalue weighted by atomic mass is 16.8. The van der Waals surface area contributed by atoms with Gasteiger partial charge in [0.25, 0.3) is 0 Å². The van der Waals surface area contributed by atoms with Crippen molar-refractivity contribution in [3.8, 4) is 0 Å². The van der Waals surface area contributed by atoms with Crippen LogP contribution in [0.2, 0.25) is 0 Å². The lowest BCUT2D eigenvalue weighted by Crippen LogP contribution is -2.71. The van der Waals surface area contributed by atoms with Gasteiger partial charge in [0, 0.05) is 27.7 Å². The first-order chi connectivity index (χ1) is 52.9. The lowest BCUT2D eigenvalue weighted by atomic mass is 9.93. The molecule has 0 aromatic rings. The first-order valence-corrected chi connectivity index (χ1v) is 35.4. The Kier molecular flexibility index (Phi) is 34.6. The maximum absolute atomic E-state index is 13.2. The molecule has 8 aliphatic rings. The summed E-state index contributed by atoms with van der Waals surface area (Å²) in [6.07, 6.45) is -88.1. The summed E-state index contributed by atoms with van der Waals surface area (Å²) in [5, 5.41) is 287. The van der Waals surface area contributed by atoms with E-state index in [0.717, 1.165) is 27.7 Å². The first-order valence-electron chi connectivity index (χ1n) is 35.4. The molecule has 0 aromatic heterocycles. The van der Waals surface area contributed by atoms with E-state index in [4.69, 9.17) is 75.8 Å². The van der Waals surface area contributed by atoms with Gasteiger partial charge in [-0.15, -0.1) is 0 Å². The standard InChI is InChI=1S/C62H104N4O46/c1-15(75)63-19(5-67)32(80)49(20(79)6-68)107-57-31(66-18(4)78)41(89)50(26(12-74)104-57)108-61-48(96)53(111-62-54(44(92)37(85)25(11-73)103-62)112-56-30(65-17(3)77)40(88)34(82)22(8-70)100-56)51(109-55-29(64-16(2)76)39(87)33(81)21(7-69)99-55)28(106-61)14-98-59-47(95)52(110-60-46(94)43(91)36(84)24(10-72)102-60)38(86)27(105-59)13-97-58-45(93)42(90)35(83)23(9-71)101-58/h5,19-62,68-74,79-96H,6-14H2,1-4H3,(H,63,75)(H,64,76)(H,65,77)(H,66,78)/t19-,20+,21+,22+,23+,24+,25+,26+,27+,28+,29+,30+,31+,32+,33+,34+,35+,36+,37+,38+,39+,40+,41+,42-,43-,44-,45-,46-,47-,48-,49+,50+,51+,52-,53+,54-,55-,56-,57-,58-,59-,60+,61-,62+/m0/s1. The second-order valence-corrected chi connectivity index (χ2v) is 27.8. The molecule has 0 aromatic carbocycles. The molecule has 8 rings (SSSR count). The number of nitrogens with one attached hydrogen (secondary N) is 4. The summed E-state index contributed by atoms with van der Waals surface area (Å²) in [7, 11) is 0. The average molecular weight is 1640 g/mol. The Balaban J connectivity index is 1.28. The van der Waals surface area contributed by atoms with Crippen LogP contribution in [-0.4, -0.2) is 487 Å². The van der Waals surface area contributed by atoms with Crippen LogP contribution in [0.3, 0.4) is 0 Å². The Labute approximate surface area is 634 Å². The number of aliphatic hydroxyl groups is 25. The molecule has 0 spiro atoms. The molecule has 0 saturated carbocycles. The third-order valence-electron chi connectivity index (χ3n) is 19.9. The smallest absolute Gasteiger partial charge is 0.217 e. The van der Waals surface area contributed by atoms with E-state index in [2.05, 4.69) is 21.3 Å². The zero-order valence-corrected chi connectivity index (χ0v) is 60.1. The van der Waals surface area contributed by atoms with E-state index in [1.807, 2.05) is 0 Å². The summed E-state index contributed by atoms with van der Waals surface area (Å²) in [4.78, 5) is 63.0. The first kappa shape index (κ1) is 93.4. The van der Waals surface area contributed by atoms with E-state index in [1.54, 1.807) is 0 Å². The minimum atomic E-state index is -2.73. The molecule has 29 N–H and O–H groups in total. The van der Waals surface area contributed by atoms with Crippen molar-refractivity contribution in [2.24, 2.45) is 0 Å². The SMILES string of the molecule is CC(=O)N[C@H]1[C@H](O[C@@H]([C@H](O)[C@H](C=O)NC(C)=O)[C@H](O)CO)O[C@H](CO)[C@@H](O[C@@H]2O[C@H](CO[C@H]3O[C@H](CO[C@H]4O[C@H](CO)[C@@H](O)[C@H](O)[C@@H]4O)[C@@H](O)[C@H](O[C@H]4O[C@H](CO)[C@@H](O)[C@H](O)[C@@H]4O)[C@@H]3O)[C@@H](O[C@@H]3O[C@H](CO)[C@@H](O)[C@H](O)[C@H]3NC(C)=O)[C@H](O[C@H]3O[C@H](CO)[C@@H](O)[C@H](O)[C@@H]3O[C@@H]3O[C@H](CO)[C@@H](O)[C@H](O)[C@H]3NC(C)=O)[C@@H]2O)[C@@H]1O. The minimum Gasteiger partial charge on any atom is -0.394 e. The quantitative estimate of drug-likeness (QED) is 0.0271. The molecular formula is C62H104N4O46. The van der Waals surface area contributed by atoms with Gasteiger partial charge in [0.1, 0.15) is 226 Å². The zero-order chi connectivity index (χ0) is 82.9. The van der Waals surface area contributed by atoms with Crippen LogP contribution in [0.15, 0.2) is 0 Å². The third kappa shape index (κ3) is 21.3. The zero-order valence-electron chi connectivity index (χ0n) is 60.1. The fourth-order valence-corrected chi connectivity index (χ4v) is 13.9. The summed E-state index contributed by atoms with van der Waals surface area (Å²) in [6, 6.07) is -7.86. The molecule has 112 heavy (non-hydrogen) atoms. The highest BCUT2D eigenvalue weighted by Crippen LogP contribution is 2.40. The van der Waals surface area contributed by atoms with Gasteiger partial charge < -0.3 is 230 Å². The molecule has 8 heterocycles. The number of rotatable bonds is 33. The van der Waals surface area contributed by atoms with Crippen molar-refractivity contribution >= 4 is 29.9 Å². The van der Waals surface area contributed by atoms with Crippen LogP contribution in [0.4, 0.5) is 0 Å². The topological polar surface area (TPSA) is 787 Å². The van der Waals surface area contributed by atoms with Crippen molar-refractivity contribution < 1.29 is 227 Å². The van der Waals surface area contributed by atoms with E-state index in [9.17, 15) is 152 Å². The molecule has 0 radical (unpaired) electrons. The van der Waals surface area contributed by atoms with Crippen molar-refractivity contribution in [1.82, 2.24) is 21.3 Å². The summed E-state index contributed by atoms with van der Waals surface area (Å²) in [5.41, 5.74) is 0. The van der Waals surface area contributed by atoms with Gasteiger partial charge in [0.05, 0.1) is 59.5 Å². The Hall–Kier alpha value is -4.09. The number of ether oxygens (including phenoxy) is 16. The molecule has 0 bridgehead atoms. The Morgan fingerprint density at radius 1 is 0.330 bits per heavy atom. The van der Waals surface area contributed by atoms with Crippen LogP contribution in [0.1, 0.15) is 27.7 Å². The van der Waals surface area contributed by atoms with E-state index >= 15 is 0 Å². The van der Waals surface area contributed by atoms with Gasteiger partial charge in [-0.2, -0.15) is 0 Å². The van der Waals surface area contributed by atoms with Gasteiger partial charge in [-0.25, -0.2) is 0 Å². The van der Waals surface area contributed by atoms with Crippen LogP contribution >= 0.6 is 0 Å². The third-order valence-corrected chi connectivity index (χ3v) is 19.9. The molecule has 4 amide bonds. The van der Waals surface area contributed by atoms with Crippen LogP contribution < -0.4 is 21.3 Å². The number of carbonyl (C=O) groups is 5. The van der Waals surface area contributed by atoms with Gasteiger partial charge in [0.15, 0.2) is 50.3 Å². The van der Waals surface area contributed by atoms with E-state index in [-0.39, 0.29) is 6.29 Å². The molecule has 50 heteroatoms. The number of aliphatic hydroxyl groups excluding tert-OH is 25. The highest BCUT2D eigenvalue weighted by molar-refractivity contribution is 5.77. The minimum absolute atomic E-state index is 0.0123. The maximum atomic E-state index is 13.2. The predicted molar refractivity (Wildman–Crippen MR) is 345 cm³/mol. The number of aldehydes is 1. The molecule has 50 nitrogen and oxygen atoms in total. The lowest BCUT2D eigenvalue weighted by molar-refractivity contribution is -0.406. The van der Waals surface area contributed by atoms with E-state index < -0.39 is 353 Å². The van der Waals surface area contributed by atoms with Gasteiger partial charge in [-0.1, -0.05) is 0 Å². The monoisotopic (exact) mass is 1640 g/mol. The molecular weight excluding hydrogens is 1540 g/mol. The number of hydrogen-bond acceptors (Lipinski definition) is 46. The summed E-state index contributed by atoms with van der Waals surface area (Å²) in [5.74, 6) is -3.85. The summed E-state index contributed by atoms with van der Waals surface area (Å²) < 4.78 is 96.2. The fourth-order valence-electron chi connectivity index (χ4n) is 13.9. The van der Waals surface area contributed by atoms with Crippen LogP contribution in [0.25, 0.3) is 0 Å². The molecule has 8 saturated heterocycles. The highest BCUT2D eigenvalue weighted by Gasteiger charge is 2.61. The second kappa shape index (κ2) is 41.5. The van der Waals surface area contributed by atoms with Gasteiger partial charge >= 0.3 is 0 Å². The second-order valence-electron chi connectivity index (χ2n) is 27.8. The summed E-state index contributed by atoms with van der Waals surface area (Å²) in [6.45, 7) is -6.82. The fraction of sp³-hybridized carbons (Fsp3) is 0.919. The van der Waals surface area contributed by atoms with Crippen molar-refractivity contribution in [1.29, 1.82) is 0 Å². The molecule has 8 aliphatic heterocycles. The van der Waals surface area contributed by atoms with Crippen LogP contribution in [-0.2, 0) is 99.8 Å². The molecule has 0 aliphatic carbocycles. The largest absolute Gasteiger partial charge is 0.394 e. The molecule has 648 valence electrons. The molecule has 0 unspecified atom stereocenters. The number of carbonyl (C=O) groups excluding carboxylic acids is 5. The Bertz CT molecular complexity index is 2950. The van der Waals surface area contributed by atoms with Crippen molar-refractivity contribution in [3.63, 3.8) is 0 Å². The maximum Gasteiger partial charge on any atom is 0.217 e. The van der Waals surface area contributed by atoms with E-state index in [1.165, 1.54) is 0 Å². The van der Waals surface area contributed by atoms with Crippen molar-refractivity contribution in [3.05, 3.63) is 0 Å². The van der Waals surface area contributed by atoms with Gasteiger partial charge in [-0.05, 0) is 0 Å². The number of amides is 4. The molecule has 44 atom stereocenters. The average Bonchev–Trinajstić information content (AvgIpc) is 0.759. The Morgan fingerprint density at radius 2 is 0.679 bits per heavy atom. The summed E-state index contributed by atoms with van der Waals surface area (Å²) >= 11 is 0. The molecule has 8 fully saturated rings. The van der Waals surface area contributed by atoms with Crippen molar-refractivity contribution in [2.75, 3.05) is 59.5 Å². The van der Waals surface area contributed by atoms with Crippen LogP contribution in [0, 0.1) is 0 Å². The lowest BCUT2D eigenvalue weighted by Gasteiger charge is -2.52. The Morgan fingerprint density at radius 3 is 1.14 bits per heavy atom. The number of hydrogen-bond donors (Lipinski definition) is 29. The van der Waals surface area contributed by atoms with E-state index in [0.29, 0.717) is 0 Å². The van der Waals surface area contributed by atoms with Gasteiger partial charge in [-0.3, -0.25) is 19.2 Å². The van der Waals surface area contributed by atoms with Crippen LogP contribution in [0.5, 0.6) is 0 Å². The predicted octanol–water partition coefficient (Wildman–Crippen LogP) is -20.2. The normalized spacial score (nSPS) is 45.9. The van der Waals surface area contributed by atoms with Gasteiger partial charge in [0.2, 0.25) is 23.6 Å².